The van der Waals surface area contributed by atoms with E-state index in [9.17, 15) is 10.1 Å². The van der Waals surface area contributed by atoms with Gasteiger partial charge in [-0.25, -0.2) is 4.98 Å². The third-order valence-electron chi connectivity index (χ3n) is 1.91. The maximum atomic E-state index is 10.7. The molecule has 0 aliphatic heterocycles. The maximum absolute atomic E-state index is 10.7. The van der Waals surface area contributed by atoms with E-state index in [1.807, 2.05) is 6.07 Å². The molecule has 0 spiro atoms. The molecule has 0 unspecified atom stereocenters. The van der Waals surface area contributed by atoms with Crippen molar-refractivity contribution >= 4 is 11.7 Å². The van der Waals surface area contributed by atoms with E-state index in [1.54, 1.807) is 24.3 Å². The molecular weight excluding hydrogens is 264 g/mol. The zero-order chi connectivity index (χ0) is 15.0. The molecule has 1 N–H and O–H groups in total. The molecule has 2 rings (SSSR count). The van der Waals surface area contributed by atoms with Crippen molar-refractivity contribution in [1.29, 1.82) is 0 Å². The predicted molar refractivity (Wildman–Crippen MR) is 70.7 cm³/mol. The summed E-state index contributed by atoms with van der Waals surface area (Å²) < 4.78 is 5.32. The predicted octanol–water partition coefficient (Wildman–Crippen LogP) is 2.87. The minimum Gasteiger partial charge on any atom is -0.481 e. The van der Waals surface area contributed by atoms with Crippen molar-refractivity contribution in [2.45, 2.75) is 6.92 Å². The number of pyridine rings is 1. The Balaban J connectivity index is 0.000000444. The average molecular weight is 276 g/mol. The van der Waals surface area contributed by atoms with Crippen molar-refractivity contribution in [1.82, 2.24) is 4.98 Å². The van der Waals surface area contributed by atoms with Crippen LogP contribution in [0.25, 0.3) is 0 Å². The molecular formula is C13H12N2O5. The number of benzene rings is 1. The van der Waals surface area contributed by atoms with Gasteiger partial charge in [-0.3, -0.25) is 14.9 Å². The van der Waals surface area contributed by atoms with Crippen LogP contribution in [0.5, 0.6) is 11.6 Å². The Morgan fingerprint density at radius 1 is 1.25 bits per heavy atom. The summed E-state index contributed by atoms with van der Waals surface area (Å²) in [4.78, 5) is 23.0. The Hall–Kier alpha value is -2.96. The van der Waals surface area contributed by atoms with Gasteiger partial charge in [0.15, 0.2) is 0 Å². The Kier molecular flexibility index (Phi) is 5.64. The molecule has 1 aromatic heterocycles. The van der Waals surface area contributed by atoms with Gasteiger partial charge in [-0.1, -0.05) is 18.2 Å². The van der Waals surface area contributed by atoms with Gasteiger partial charge in [0.25, 0.3) is 11.8 Å². The first-order valence-electron chi connectivity index (χ1n) is 5.52. The number of nitro groups is 1. The SMILES string of the molecule is CC(=O)O.O=[N+]([O-])c1cccnc1Oc1ccccc1. The largest absolute Gasteiger partial charge is 0.481 e. The summed E-state index contributed by atoms with van der Waals surface area (Å²) >= 11 is 0. The van der Waals surface area contributed by atoms with Crippen molar-refractivity contribution in [3.63, 3.8) is 0 Å². The van der Waals surface area contributed by atoms with E-state index in [0.717, 1.165) is 6.92 Å². The standard InChI is InChI=1S/C11H8N2O3.C2H4O2/c14-13(15)10-7-4-8-12-11(10)16-9-5-2-1-3-6-9;1-2(3)4/h1-8H;1H3,(H,3,4). The second kappa shape index (κ2) is 7.47. The highest BCUT2D eigenvalue weighted by Gasteiger charge is 2.15. The monoisotopic (exact) mass is 276 g/mol. The number of carboxylic acids is 1. The lowest BCUT2D eigenvalue weighted by Gasteiger charge is -2.03. The number of carboxylic acid groups (broad SMARTS) is 1. The number of aliphatic carboxylic acids is 1. The van der Waals surface area contributed by atoms with Crippen molar-refractivity contribution in [2.24, 2.45) is 0 Å². The van der Waals surface area contributed by atoms with E-state index >= 15 is 0 Å². The van der Waals surface area contributed by atoms with Crippen LogP contribution in [0.3, 0.4) is 0 Å². The van der Waals surface area contributed by atoms with Crippen LogP contribution in [0.4, 0.5) is 5.69 Å². The van der Waals surface area contributed by atoms with Crippen LogP contribution < -0.4 is 4.74 Å². The number of hydrogen-bond donors (Lipinski definition) is 1. The number of para-hydroxylation sites is 1. The summed E-state index contributed by atoms with van der Waals surface area (Å²) in [6, 6.07) is 11.7. The molecule has 7 heteroatoms. The van der Waals surface area contributed by atoms with Crippen molar-refractivity contribution in [2.75, 3.05) is 0 Å². The van der Waals surface area contributed by atoms with E-state index in [0.29, 0.717) is 5.75 Å². The zero-order valence-corrected chi connectivity index (χ0v) is 10.6. The molecule has 0 aliphatic carbocycles. The highest BCUT2D eigenvalue weighted by molar-refractivity contribution is 5.62. The Bertz CT molecular complexity index is 582. The van der Waals surface area contributed by atoms with Crippen LogP contribution in [0.15, 0.2) is 48.7 Å². The molecule has 7 nitrogen and oxygen atoms in total. The summed E-state index contributed by atoms with van der Waals surface area (Å²) in [6.45, 7) is 1.08. The molecule has 0 bridgehead atoms. The van der Waals surface area contributed by atoms with Crippen molar-refractivity contribution in [3.05, 3.63) is 58.8 Å². The highest BCUT2D eigenvalue weighted by Crippen LogP contribution is 2.27. The van der Waals surface area contributed by atoms with Gasteiger partial charge in [0.05, 0.1) is 4.92 Å². The third-order valence-corrected chi connectivity index (χ3v) is 1.91. The van der Waals surface area contributed by atoms with E-state index in [1.165, 1.54) is 18.3 Å². The van der Waals surface area contributed by atoms with Gasteiger partial charge in [0.1, 0.15) is 5.75 Å². The lowest BCUT2D eigenvalue weighted by Crippen LogP contribution is -1.95. The number of ether oxygens (including phenoxy) is 1. The lowest BCUT2D eigenvalue weighted by molar-refractivity contribution is -0.386. The van der Waals surface area contributed by atoms with Gasteiger partial charge in [-0.15, -0.1) is 0 Å². The molecule has 0 saturated heterocycles. The third kappa shape index (κ3) is 5.13. The van der Waals surface area contributed by atoms with Gasteiger partial charge >= 0.3 is 5.69 Å². The number of hydrogen-bond acceptors (Lipinski definition) is 5. The Morgan fingerprint density at radius 3 is 2.40 bits per heavy atom. The Labute approximate surface area is 114 Å². The molecule has 1 aromatic carbocycles. The van der Waals surface area contributed by atoms with E-state index in [2.05, 4.69) is 4.98 Å². The quantitative estimate of drug-likeness (QED) is 0.683. The molecule has 0 amide bonds. The summed E-state index contributed by atoms with van der Waals surface area (Å²) in [6.07, 6.45) is 1.45. The number of rotatable bonds is 3. The minimum absolute atomic E-state index is 0.00120. The zero-order valence-electron chi connectivity index (χ0n) is 10.6. The molecule has 0 saturated carbocycles. The summed E-state index contributed by atoms with van der Waals surface area (Å²) in [5, 5.41) is 18.1. The second-order valence-corrected chi connectivity index (χ2v) is 3.52. The molecule has 104 valence electrons. The molecule has 1 heterocycles. The molecule has 2 aromatic rings. The van der Waals surface area contributed by atoms with Gasteiger partial charge in [-0.05, 0) is 18.2 Å². The van der Waals surface area contributed by atoms with Gasteiger partial charge in [-0.2, -0.15) is 0 Å². The lowest BCUT2D eigenvalue weighted by atomic mass is 10.3. The van der Waals surface area contributed by atoms with Gasteiger partial charge in [0.2, 0.25) is 0 Å². The van der Waals surface area contributed by atoms with Gasteiger partial charge < -0.3 is 9.84 Å². The highest BCUT2D eigenvalue weighted by atomic mass is 16.6. The summed E-state index contributed by atoms with van der Waals surface area (Å²) in [5.41, 5.74) is -0.147. The summed E-state index contributed by atoms with van der Waals surface area (Å²) in [5.74, 6) is -0.317. The van der Waals surface area contributed by atoms with E-state index in [4.69, 9.17) is 14.6 Å². The van der Waals surface area contributed by atoms with E-state index in [-0.39, 0.29) is 11.6 Å². The first-order valence-corrected chi connectivity index (χ1v) is 5.52. The first-order chi connectivity index (χ1) is 9.50. The van der Waals surface area contributed by atoms with Crippen LogP contribution in [-0.4, -0.2) is 21.0 Å². The van der Waals surface area contributed by atoms with Crippen LogP contribution in [0.2, 0.25) is 0 Å². The molecule has 0 fully saturated rings. The van der Waals surface area contributed by atoms with Crippen LogP contribution >= 0.6 is 0 Å². The summed E-state index contributed by atoms with van der Waals surface area (Å²) in [7, 11) is 0. The minimum atomic E-state index is -0.833. The number of aromatic nitrogens is 1. The molecule has 0 aliphatic rings. The van der Waals surface area contributed by atoms with E-state index < -0.39 is 10.9 Å². The van der Waals surface area contributed by atoms with Crippen LogP contribution in [0, 0.1) is 10.1 Å². The fourth-order valence-electron chi connectivity index (χ4n) is 1.20. The van der Waals surface area contributed by atoms with Crippen molar-refractivity contribution < 1.29 is 19.6 Å². The normalized spacial score (nSPS) is 9.05. The maximum Gasteiger partial charge on any atom is 0.331 e. The molecule has 0 radical (unpaired) electrons. The number of carbonyl (C=O) groups is 1. The first kappa shape index (κ1) is 15.1. The van der Waals surface area contributed by atoms with Crippen molar-refractivity contribution in [3.8, 4) is 11.6 Å². The number of nitrogens with zero attached hydrogens (tertiary/aromatic N) is 2. The topological polar surface area (TPSA) is 103 Å². The average Bonchev–Trinajstić information content (AvgIpc) is 2.39. The fraction of sp³-hybridized carbons (Fsp3) is 0.0769. The molecule has 0 atom stereocenters. The molecule has 20 heavy (non-hydrogen) atoms. The Morgan fingerprint density at radius 2 is 1.85 bits per heavy atom. The smallest absolute Gasteiger partial charge is 0.331 e. The van der Waals surface area contributed by atoms with Crippen LogP contribution in [-0.2, 0) is 4.79 Å². The van der Waals surface area contributed by atoms with Gasteiger partial charge in [0, 0.05) is 19.2 Å². The van der Waals surface area contributed by atoms with Crippen LogP contribution in [0.1, 0.15) is 6.92 Å². The fourth-order valence-corrected chi connectivity index (χ4v) is 1.20. The second-order valence-electron chi connectivity index (χ2n) is 3.52.